The molecule has 27 heavy (non-hydrogen) atoms. The van der Waals surface area contributed by atoms with Crippen LogP contribution >= 0.6 is 0 Å². The molecular formula is C22H25N3O2. The lowest BCUT2D eigenvalue weighted by Gasteiger charge is -2.22. The van der Waals surface area contributed by atoms with E-state index >= 15 is 0 Å². The van der Waals surface area contributed by atoms with Gasteiger partial charge in [-0.15, -0.1) is 0 Å². The minimum atomic E-state index is -0.218. The number of anilines is 2. The van der Waals surface area contributed by atoms with Crippen LogP contribution in [-0.2, 0) is 0 Å². The van der Waals surface area contributed by atoms with Crippen LogP contribution < -0.4 is 10.2 Å². The summed E-state index contributed by atoms with van der Waals surface area (Å²) in [5.74, 6) is -0.338. The molecule has 0 saturated carbocycles. The molecule has 0 aliphatic carbocycles. The van der Waals surface area contributed by atoms with Gasteiger partial charge in [0.15, 0.2) is 0 Å². The number of fused-ring (bicyclic) bond motifs is 1. The number of para-hydroxylation sites is 1. The van der Waals surface area contributed by atoms with Gasteiger partial charge in [0.25, 0.3) is 5.91 Å². The number of aryl methyl sites for hydroxylation is 1. The Morgan fingerprint density at radius 2 is 1.78 bits per heavy atom. The predicted molar refractivity (Wildman–Crippen MR) is 111 cm³/mol. The molecule has 0 atom stereocenters. The van der Waals surface area contributed by atoms with Crippen molar-refractivity contribution >= 4 is 34.1 Å². The maximum absolute atomic E-state index is 12.9. The Labute approximate surface area is 159 Å². The third-order valence-corrected chi connectivity index (χ3v) is 4.88. The Balaban J connectivity index is 1.92. The summed E-state index contributed by atoms with van der Waals surface area (Å²) in [5.41, 5.74) is 4.15. The van der Waals surface area contributed by atoms with E-state index in [-0.39, 0.29) is 11.8 Å². The molecule has 1 N–H and O–H groups in total. The fraction of sp³-hybridized carbons (Fsp3) is 0.273. The number of hydrogen-bond acceptors (Lipinski definition) is 3. The Morgan fingerprint density at radius 3 is 2.41 bits per heavy atom. The van der Waals surface area contributed by atoms with Crippen molar-refractivity contribution in [2.75, 3.05) is 23.3 Å². The summed E-state index contributed by atoms with van der Waals surface area (Å²) in [4.78, 5) is 27.1. The lowest BCUT2D eigenvalue weighted by atomic mass is 10.1. The summed E-state index contributed by atoms with van der Waals surface area (Å²) in [6, 6.07) is 13.5. The van der Waals surface area contributed by atoms with E-state index in [0.29, 0.717) is 5.56 Å². The number of nitrogens with one attached hydrogen (secondary N) is 1. The quantitative estimate of drug-likeness (QED) is 0.714. The van der Waals surface area contributed by atoms with Crippen molar-refractivity contribution in [3.05, 3.63) is 59.8 Å². The van der Waals surface area contributed by atoms with Gasteiger partial charge in [0, 0.05) is 43.0 Å². The smallest absolute Gasteiger partial charge is 0.257 e. The van der Waals surface area contributed by atoms with Crippen LogP contribution in [0.5, 0.6) is 0 Å². The fourth-order valence-corrected chi connectivity index (χ4v) is 3.38. The number of carbonyl (C=O) groups excluding carboxylic acids is 2. The lowest BCUT2D eigenvalue weighted by Crippen LogP contribution is -2.22. The topological polar surface area (TPSA) is 54.3 Å². The van der Waals surface area contributed by atoms with Crippen LogP contribution in [0.4, 0.5) is 11.4 Å². The molecule has 0 saturated heterocycles. The largest absolute Gasteiger partial charge is 0.372 e. The van der Waals surface area contributed by atoms with Gasteiger partial charge in [-0.1, -0.05) is 18.2 Å². The van der Waals surface area contributed by atoms with Crippen molar-refractivity contribution in [2.24, 2.45) is 0 Å². The number of aromatic nitrogens is 1. The van der Waals surface area contributed by atoms with Crippen molar-refractivity contribution in [3.8, 4) is 0 Å². The molecule has 3 aromatic rings. The van der Waals surface area contributed by atoms with Gasteiger partial charge in [-0.05, 0) is 50.6 Å². The first-order chi connectivity index (χ1) is 13.0. The molecule has 1 aromatic heterocycles. The SMILES string of the molecule is CCN(CC)c1ccc(NC(=O)c2cn(C(C)=O)c3ccccc23)c(C)c1. The molecule has 2 aromatic carbocycles. The molecule has 0 spiro atoms. The fourth-order valence-electron chi connectivity index (χ4n) is 3.38. The summed E-state index contributed by atoms with van der Waals surface area (Å²) in [6.07, 6.45) is 1.61. The number of carbonyl (C=O) groups is 2. The van der Waals surface area contributed by atoms with Gasteiger partial charge in [0.2, 0.25) is 5.91 Å². The van der Waals surface area contributed by atoms with Crippen molar-refractivity contribution in [3.63, 3.8) is 0 Å². The molecule has 0 unspecified atom stereocenters. The van der Waals surface area contributed by atoms with Crippen LogP contribution in [0.15, 0.2) is 48.7 Å². The first-order valence-electron chi connectivity index (χ1n) is 9.24. The normalized spacial score (nSPS) is 10.8. The predicted octanol–water partition coefficient (Wildman–Crippen LogP) is 4.71. The van der Waals surface area contributed by atoms with Gasteiger partial charge in [-0.25, -0.2) is 0 Å². The molecule has 0 aliphatic heterocycles. The van der Waals surface area contributed by atoms with Crippen LogP contribution in [0.3, 0.4) is 0 Å². The average Bonchev–Trinajstić information content (AvgIpc) is 3.05. The third-order valence-electron chi connectivity index (χ3n) is 4.88. The van der Waals surface area contributed by atoms with Crippen LogP contribution in [0, 0.1) is 6.92 Å². The number of amides is 1. The molecule has 3 rings (SSSR count). The zero-order valence-electron chi connectivity index (χ0n) is 16.2. The van der Waals surface area contributed by atoms with Gasteiger partial charge in [-0.2, -0.15) is 0 Å². The molecule has 0 aliphatic rings. The van der Waals surface area contributed by atoms with Crippen molar-refractivity contribution in [1.29, 1.82) is 0 Å². The summed E-state index contributed by atoms with van der Waals surface area (Å²) in [7, 11) is 0. The van der Waals surface area contributed by atoms with E-state index in [2.05, 4.69) is 30.1 Å². The highest BCUT2D eigenvalue weighted by atomic mass is 16.2. The van der Waals surface area contributed by atoms with E-state index in [1.807, 2.05) is 43.3 Å². The zero-order valence-corrected chi connectivity index (χ0v) is 16.2. The lowest BCUT2D eigenvalue weighted by molar-refractivity contribution is 0.0941. The maximum atomic E-state index is 12.9. The van der Waals surface area contributed by atoms with Gasteiger partial charge in [0.05, 0.1) is 11.1 Å². The van der Waals surface area contributed by atoms with Gasteiger partial charge in [-0.3, -0.25) is 14.2 Å². The van der Waals surface area contributed by atoms with E-state index in [4.69, 9.17) is 0 Å². The highest BCUT2D eigenvalue weighted by Gasteiger charge is 2.17. The highest BCUT2D eigenvalue weighted by molar-refractivity contribution is 6.14. The van der Waals surface area contributed by atoms with Crippen LogP contribution in [0.25, 0.3) is 10.9 Å². The molecule has 1 heterocycles. The molecule has 0 radical (unpaired) electrons. The van der Waals surface area contributed by atoms with Gasteiger partial charge >= 0.3 is 0 Å². The zero-order chi connectivity index (χ0) is 19.6. The Hall–Kier alpha value is -3.08. The second-order valence-electron chi connectivity index (χ2n) is 6.57. The molecule has 5 nitrogen and oxygen atoms in total. The molecule has 0 bridgehead atoms. The van der Waals surface area contributed by atoms with E-state index < -0.39 is 0 Å². The van der Waals surface area contributed by atoms with Crippen molar-refractivity contribution in [2.45, 2.75) is 27.7 Å². The van der Waals surface area contributed by atoms with Gasteiger partial charge in [0.1, 0.15) is 0 Å². The number of nitrogens with zero attached hydrogens (tertiary/aromatic N) is 2. The highest BCUT2D eigenvalue weighted by Crippen LogP contribution is 2.26. The minimum absolute atomic E-state index is 0.120. The standard InChI is InChI=1S/C22H25N3O2/c1-5-24(6-2)17-11-12-20(15(3)13-17)23-22(27)19-14-25(16(4)26)21-10-8-7-9-18(19)21/h7-14H,5-6H2,1-4H3,(H,23,27). The molecule has 5 heteroatoms. The van der Waals surface area contributed by atoms with Crippen LogP contribution in [0.1, 0.15) is 41.5 Å². The monoisotopic (exact) mass is 363 g/mol. The first kappa shape index (κ1) is 18.7. The second-order valence-corrected chi connectivity index (χ2v) is 6.57. The number of benzene rings is 2. The molecule has 140 valence electrons. The van der Waals surface area contributed by atoms with E-state index in [9.17, 15) is 9.59 Å². The van der Waals surface area contributed by atoms with E-state index in [0.717, 1.165) is 40.9 Å². The van der Waals surface area contributed by atoms with Crippen molar-refractivity contribution in [1.82, 2.24) is 4.57 Å². The average molecular weight is 363 g/mol. The maximum Gasteiger partial charge on any atom is 0.257 e. The minimum Gasteiger partial charge on any atom is -0.372 e. The Morgan fingerprint density at radius 1 is 1.07 bits per heavy atom. The van der Waals surface area contributed by atoms with Crippen LogP contribution in [0.2, 0.25) is 0 Å². The number of rotatable bonds is 5. The third kappa shape index (κ3) is 3.58. The molecule has 1 amide bonds. The number of hydrogen-bond donors (Lipinski definition) is 1. The van der Waals surface area contributed by atoms with Crippen molar-refractivity contribution < 1.29 is 9.59 Å². The summed E-state index contributed by atoms with van der Waals surface area (Å²) >= 11 is 0. The Bertz CT molecular complexity index is 1000. The van der Waals surface area contributed by atoms with Gasteiger partial charge < -0.3 is 10.2 Å². The first-order valence-corrected chi connectivity index (χ1v) is 9.24. The summed E-state index contributed by atoms with van der Waals surface area (Å²) in [6.45, 7) is 9.60. The van der Waals surface area contributed by atoms with Crippen LogP contribution in [-0.4, -0.2) is 29.5 Å². The second kappa shape index (κ2) is 7.66. The van der Waals surface area contributed by atoms with E-state index in [1.54, 1.807) is 6.20 Å². The molecule has 0 fully saturated rings. The van der Waals surface area contributed by atoms with E-state index in [1.165, 1.54) is 11.5 Å². The summed E-state index contributed by atoms with van der Waals surface area (Å²) < 4.78 is 1.51. The summed E-state index contributed by atoms with van der Waals surface area (Å²) in [5, 5.41) is 3.76. The Kier molecular flexibility index (Phi) is 5.31. The molecular weight excluding hydrogens is 338 g/mol.